The number of halogens is 2. The Bertz CT molecular complexity index is 754. The predicted molar refractivity (Wildman–Crippen MR) is 101 cm³/mol. The fourth-order valence-corrected chi connectivity index (χ4v) is 3.02. The van der Waals surface area contributed by atoms with Gasteiger partial charge in [0.05, 0.1) is 24.7 Å². The first-order valence-electron chi connectivity index (χ1n) is 7.53. The van der Waals surface area contributed by atoms with E-state index in [1.54, 1.807) is 38.5 Å². The molecule has 0 saturated carbocycles. The zero-order chi connectivity index (χ0) is 18.4. The van der Waals surface area contributed by atoms with E-state index in [4.69, 9.17) is 25.8 Å². The number of amides is 1. The molecule has 2 aromatic carbocycles. The highest BCUT2D eigenvalue weighted by Gasteiger charge is 2.13. The fraction of sp³-hybridized carbons (Fsp3) is 0.278. The van der Waals surface area contributed by atoms with Crippen LogP contribution in [-0.4, -0.2) is 26.7 Å². The molecule has 1 unspecified atom stereocenters. The van der Waals surface area contributed by atoms with Crippen molar-refractivity contribution in [1.29, 1.82) is 0 Å². The van der Waals surface area contributed by atoms with Crippen molar-refractivity contribution in [2.45, 2.75) is 13.0 Å². The predicted octanol–water partition coefficient (Wildman–Crippen LogP) is 4.38. The second kappa shape index (κ2) is 8.97. The van der Waals surface area contributed by atoms with Crippen molar-refractivity contribution in [3.05, 3.63) is 51.5 Å². The Morgan fingerprint density at radius 1 is 1.12 bits per heavy atom. The maximum atomic E-state index is 12.1. The van der Waals surface area contributed by atoms with E-state index in [1.807, 2.05) is 19.1 Å². The third kappa shape index (κ3) is 5.28. The summed E-state index contributed by atoms with van der Waals surface area (Å²) in [4.78, 5) is 12.1. The van der Waals surface area contributed by atoms with Crippen molar-refractivity contribution >= 4 is 33.4 Å². The average molecular weight is 429 g/mol. The topological polar surface area (TPSA) is 56.8 Å². The lowest BCUT2D eigenvalue weighted by atomic mass is 10.1. The second-order valence-corrected chi connectivity index (χ2v) is 6.56. The minimum absolute atomic E-state index is 0.0993. The van der Waals surface area contributed by atoms with Gasteiger partial charge in [-0.25, -0.2) is 0 Å². The molecular weight excluding hydrogens is 410 g/mol. The molecule has 0 radical (unpaired) electrons. The molecule has 0 saturated heterocycles. The van der Waals surface area contributed by atoms with Gasteiger partial charge in [-0.15, -0.1) is 0 Å². The van der Waals surface area contributed by atoms with E-state index in [9.17, 15) is 4.79 Å². The molecule has 0 spiro atoms. The number of carbonyl (C=O) groups excluding carboxylic acids is 1. The number of nitrogens with one attached hydrogen (secondary N) is 1. The van der Waals surface area contributed by atoms with Crippen LogP contribution in [0.4, 0.5) is 0 Å². The number of benzene rings is 2. The van der Waals surface area contributed by atoms with E-state index in [0.717, 1.165) is 5.56 Å². The van der Waals surface area contributed by atoms with Gasteiger partial charge in [-0.2, -0.15) is 0 Å². The van der Waals surface area contributed by atoms with E-state index in [0.29, 0.717) is 26.7 Å². The van der Waals surface area contributed by atoms with Crippen molar-refractivity contribution in [3.8, 4) is 17.2 Å². The quantitative estimate of drug-likeness (QED) is 0.711. The van der Waals surface area contributed by atoms with Crippen molar-refractivity contribution < 1.29 is 19.0 Å². The monoisotopic (exact) mass is 427 g/mol. The molecule has 2 rings (SSSR count). The molecule has 7 heteroatoms. The third-order valence-electron chi connectivity index (χ3n) is 3.54. The van der Waals surface area contributed by atoms with Crippen molar-refractivity contribution in [1.82, 2.24) is 5.32 Å². The van der Waals surface area contributed by atoms with Crippen molar-refractivity contribution in [2.75, 3.05) is 20.8 Å². The first-order chi connectivity index (χ1) is 11.9. The fourth-order valence-electron chi connectivity index (χ4n) is 2.22. The zero-order valence-electron chi connectivity index (χ0n) is 14.1. The lowest BCUT2D eigenvalue weighted by Crippen LogP contribution is -2.31. The van der Waals surface area contributed by atoms with Crippen LogP contribution in [0.15, 0.2) is 40.9 Å². The summed E-state index contributed by atoms with van der Waals surface area (Å²) in [6.45, 7) is 1.79. The van der Waals surface area contributed by atoms with Crippen LogP contribution in [0.2, 0.25) is 5.02 Å². The Balaban J connectivity index is 1.95. The summed E-state index contributed by atoms with van der Waals surface area (Å²) < 4.78 is 16.7. The van der Waals surface area contributed by atoms with Crippen LogP contribution in [0.5, 0.6) is 17.2 Å². The van der Waals surface area contributed by atoms with Crippen LogP contribution in [0.25, 0.3) is 0 Å². The van der Waals surface area contributed by atoms with Gasteiger partial charge in [0.15, 0.2) is 18.1 Å². The Kier molecular flexibility index (Phi) is 6.96. The van der Waals surface area contributed by atoms with Crippen LogP contribution in [0.3, 0.4) is 0 Å². The molecule has 0 aromatic heterocycles. The Morgan fingerprint density at radius 2 is 1.80 bits per heavy atom. The molecular formula is C18H19BrClNO4. The standard InChI is InChI=1S/C18H19BrClNO4/c1-11(12-4-6-16(23-2)17(8-12)24-3)21-18(22)10-25-15-7-5-13(20)9-14(15)19/h4-9,11H,10H2,1-3H3,(H,21,22). The van der Waals surface area contributed by atoms with E-state index >= 15 is 0 Å². The molecule has 25 heavy (non-hydrogen) atoms. The molecule has 1 amide bonds. The Hall–Kier alpha value is -1.92. The summed E-state index contributed by atoms with van der Waals surface area (Å²) in [5, 5.41) is 3.47. The van der Waals surface area contributed by atoms with Gasteiger partial charge in [-0.05, 0) is 58.7 Å². The Morgan fingerprint density at radius 3 is 2.44 bits per heavy atom. The molecule has 0 aliphatic carbocycles. The van der Waals surface area contributed by atoms with Crippen LogP contribution in [-0.2, 0) is 4.79 Å². The van der Waals surface area contributed by atoms with Crippen molar-refractivity contribution in [3.63, 3.8) is 0 Å². The summed E-state index contributed by atoms with van der Waals surface area (Å²) in [7, 11) is 3.15. The Labute approximate surface area is 160 Å². The maximum Gasteiger partial charge on any atom is 0.258 e. The highest BCUT2D eigenvalue weighted by Crippen LogP contribution is 2.30. The van der Waals surface area contributed by atoms with Gasteiger partial charge in [-0.1, -0.05) is 17.7 Å². The van der Waals surface area contributed by atoms with Gasteiger partial charge >= 0.3 is 0 Å². The minimum atomic E-state index is -0.232. The number of ether oxygens (including phenoxy) is 3. The molecule has 1 N–H and O–H groups in total. The van der Waals surface area contributed by atoms with Crippen LogP contribution < -0.4 is 19.5 Å². The molecule has 5 nitrogen and oxygen atoms in total. The van der Waals surface area contributed by atoms with Crippen LogP contribution in [0.1, 0.15) is 18.5 Å². The lowest BCUT2D eigenvalue weighted by molar-refractivity contribution is -0.123. The van der Waals surface area contributed by atoms with Gasteiger partial charge in [0.2, 0.25) is 0 Å². The molecule has 134 valence electrons. The number of hydrogen-bond donors (Lipinski definition) is 1. The van der Waals surface area contributed by atoms with E-state index in [1.165, 1.54) is 0 Å². The summed E-state index contributed by atoms with van der Waals surface area (Å²) in [6, 6.07) is 10.4. The second-order valence-electron chi connectivity index (χ2n) is 5.27. The SMILES string of the molecule is COc1ccc(C(C)NC(=O)COc2ccc(Cl)cc2Br)cc1OC. The first kappa shape index (κ1) is 19.4. The van der Waals surface area contributed by atoms with Gasteiger partial charge in [0.25, 0.3) is 5.91 Å². The van der Waals surface area contributed by atoms with Gasteiger partial charge in [-0.3, -0.25) is 4.79 Å². The summed E-state index contributed by atoms with van der Waals surface area (Å²) in [6.07, 6.45) is 0. The number of methoxy groups -OCH3 is 2. The van der Waals surface area contributed by atoms with Crippen molar-refractivity contribution in [2.24, 2.45) is 0 Å². The third-order valence-corrected chi connectivity index (χ3v) is 4.39. The summed E-state index contributed by atoms with van der Waals surface area (Å²) in [5.41, 5.74) is 0.902. The molecule has 0 heterocycles. The maximum absolute atomic E-state index is 12.1. The first-order valence-corrected chi connectivity index (χ1v) is 8.70. The van der Waals surface area contributed by atoms with E-state index < -0.39 is 0 Å². The summed E-state index contributed by atoms with van der Waals surface area (Å²) in [5.74, 6) is 1.57. The minimum Gasteiger partial charge on any atom is -0.493 e. The smallest absolute Gasteiger partial charge is 0.258 e. The average Bonchev–Trinajstić information content (AvgIpc) is 2.60. The molecule has 2 aromatic rings. The highest BCUT2D eigenvalue weighted by atomic mass is 79.9. The molecule has 0 aliphatic rings. The largest absolute Gasteiger partial charge is 0.493 e. The molecule has 1 atom stereocenters. The van der Waals surface area contributed by atoms with Crippen LogP contribution >= 0.6 is 27.5 Å². The molecule has 0 bridgehead atoms. The normalized spacial score (nSPS) is 11.6. The number of rotatable bonds is 7. The van der Waals surface area contributed by atoms with Gasteiger partial charge in [0.1, 0.15) is 5.75 Å². The van der Waals surface area contributed by atoms with Gasteiger partial charge in [0, 0.05) is 5.02 Å². The van der Waals surface area contributed by atoms with E-state index in [2.05, 4.69) is 21.2 Å². The molecule has 0 fully saturated rings. The van der Waals surface area contributed by atoms with Gasteiger partial charge < -0.3 is 19.5 Å². The number of hydrogen-bond acceptors (Lipinski definition) is 4. The highest BCUT2D eigenvalue weighted by molar-refractivity contribution is 9.10. The lowest BCUT2D eigenvalue weighted by Gasteiger charge is -2.17. The van der Waals surface area contributed by atoms with E-state index in [-0.39, 0.29) is 18.6 Å². The zero-order valence-corrected chi connectivity index (χ0v) is 16.5. The summed E-state index contributed by atoms with van der Waals surface area (Å²) >= 11 is 9.23. The van der Waals surface area contributed by atoms with Crippen LogP contribution in [0, 0.1) is 0 Å². The molecule has 0 aliphatic heterocycles. The number of carbonyl (C=O) groups is 1.